The van der Waals surface area contributed by atoms with Crippen molar-refractivity contribution in [2.75, 3.05) is 39.3 Å². The van der Waals surface area contributed by atoms with Gasteiger partial charge in [0.15, 0.2) is 5.96 Å². The van der Waals surface area contributed by atoms with Crippen LogP contribution in [0.3, 0.4) is 0 Å². The van der Waals surface area contributed by atoms with Crippen LogP contribution in [0.15, 0.2) is 58.1 Å². The SMILES string of the molecule is CCNC(=NCC(C)(O)c1ccco1)N1CCN(Cc2ccccc2)CC1.I. The first-order valence-corrected chi connectivity index (χ1v) is 9.64. The van der Waals surface area contributed by atoms with Crippen molar-refractivity contribution in [2.24, 2.45) is 4.99 Å². The molecule has 6 nitrogen and oxygen atoms in total. The van der Waals surface area contributed by atoms with E-state index >= 15 is 0 Å². The van der Waals surface area contributed by atoms with Gasteiger partial charge in [0.25, 0.3) is 0 Å². The van der Waals surface area contributed by atoms with E-state index < -0.39 is 5.60 Å². The maximum absolute atomic E-state index is 10.6. The average molecular weight is 498 g/mol. The molecule has 1 aliphatic rings. The molecule has 154 valence electrons. The van der Waals surface area contributed by atoms with Crippen molar-refractivity contribution in [3.8, 4) is 0 Å². The molecule has 0 radical (unpaired) electrons. The molecule has 1 aromatic carbocycles. The van der Waals surface area contributed by atoms with Gasteiger partial charge in [-0.05, 0) is 31.5 Å². The van der Waals surface area contributed by atoms with E-state index in [1.807, 2.05) is 0 Å². The van der Waals surface area contributed by atoms with E-state index in [9.17, 15) is 5.11 Å². The number of rotatable bonds is 6. The largest absolute Gasteiger partial charge is 0.466 e. The van der Waals surface area contributed by atoms with E-state index in [4.69, 9.17) is 4.42 Å². The highest BCUT2D eigenvalue weighted by atomic mass is 127. The van der Waals surface area contributed by atoms with Crippen molar-refractivity contribution in [1.29, 1.82) is 0 Å². The molecule has 2 heterocycles. The molecule has 2 N–H and O–H groups in total. The number of hydrogen-bond donors (Lipinski definition) is 2. The molecule has 1 unspecified atom stereocenters. The average Bonchev–Trinajstić information content (AvgIpc) is 3.23. The second kappa shape index (κ2) is 10.8. The van der Waals surface area contributed by atoms with Crippen LogP contribution in [0.5, 0.6) is 0 Å². The number of benzene rings is 1. The van der Waals surface area contributed by atoms with Gasteiger partial charge in [-0.2, -0.15) is 0 Å². The zero-order valence-corrected chi connectivity index (χ0v) is 19.0. The van der Waals surface area contributed by atoms with Crippen LogP contribution in [-0.2, 0) is 12.1 Å². The summed E-state index contributed by atoms with van der Waals surface area (Å²) in [5, 5.41) is 14.0. The van der Waals surface area contributed by atoms with Gasteiger partial charge in [-0.1, -0.05) is 30.3 Å². The Kier molecular flexibility index (Phi) is 8.78. The molecule has 1 fully saturated rings. The summed E-state index contributed by atoms with van der Waals surface area (Å²) in [5.74, 6) is 1.39. The summed E-state index contributed by atoms with van der Waals surface area (Å²) in [7, 11) is 0. The molecule has 0 bridgehead atoms. The number of piperazine rings is 1. The third-order valence-electron chi connectivity index (χ3n) is 4.84. The van der Waals surface area contributed by atoms with Crippen molar-refractivity contribution in [3.05, 3.63) is 60.1 Å². The minimum atomic E-state index is -1.11. The second-order valence-electron chi connectivity index (χ2n) is 7.17. The number of nitrogens with one attached hydrogen (secondary N) is 1. The first-order valence-electron chi connectivity index (χ1n) is 9.64. The maximum atomic E-state index is 10.6. The van der Waals surface area contributed by atoms with Gasteiger partial charge in [0.1, 0.15) is 11.4 Å². The number of halogens is 1. The van der Waals surface area contributed by atoms with Crippen molar-refractivity contribution in [2.45, 2.75) is 26.0 Å². The Labute approximate surface area is 184 Å². The Hall–Kier alpha value is -1.58. The molecular weight excluding hydrogens is 467 g/mol. The van der Waals surface area contributed by atoms with Crippen LogP contribution in [-0.4, -0.2) is 60.1 Å². The lowest BCUT2D eigenvalue weighted by Crippen LogP contribution is -2.52. The zero-order valence-electron chi connectivity index (χ0n) is 16.7. The summed E-state index contributed by atoms with van der Waals surface area (Å²) >= 11 is 0. The fourth-order valence-corrected chi connectivity index (χ4v) is 3.28. The minimum absolute atomic E-state index is 0. The molecule has 1 aromatic heterocycles. The molecule has 1 aliphatic heterocycles. The van der Waals surface area contributed by atoms with Gasteiger partial charge in [0.2, 0.25) is 0 Å². The number of furan rings is 1. The van der Waals surface area contributed by atoms with Gasteiger partial charge < -0.3 is 19.7 Å². The summed E-state index contributed by atoms with van der Waals surface area (Å²) in [6.07, 6.45) is 1.57. The lowest BCUT2D eigenvalue weighted by Gasteiger charge is -2.36. The van der Waals surface area contributed by atoms with Crippen molar-refractivity contribution < 1.29 is 9.52 Å². The smallest absolute Gasteiger partial charge is 0.194 e. The van der Waals surface area contributed by atoms with Gasteiger partial charge in [-0.15, -0.1) is 24.0 Å². The van der Waals surface area contributed by atoms with Crippen LogP contribution < -0.4 is 5.32 Å². The summed E-state index contributed by atoms with van der Waals surface area (Å²) in [6, 6.07) is 14.1. The summed E-state index contributed by atoms with van der Waals surface area (Å²) in [6.45, 7) is 9.65. The van der Waals surface area contributed by atoms with E-state index in [2.05, 4.69) is 57.4 Å². The van der Waals surface area contributed by atoms with E-state index in [0.29, 0.717) is 5.76 Å². The standard InChI is InChI=1S/C21H30N4O2.HI/c1-3-22-20(23-17-21(2,26)19-10-7-15-27-19)25-13-11-24(12-14-25)16-18-8-5-4-6-9-18;/h4-10,15,26H,3,11-14,16-17H2,1-2H3,(H,22,23);1H. The highest BCUT2D eigenvalue weighted by Crippen LogP contribution is 2.21. The van der Waals surface area contributed by atoms with Gasteiger partial charge in [-0.3, -0.25) is 4.90 Å². The van der Waals surface area contributed by atoms with E-state index in [1.165, 1.54) is 5.56 Å². The number of hydrogen-bond acceptors (Lipinski definition) is 4. The van der Waals surface area contributed by atoms with Gasteiger partial charge in [0.05, 0.1) is 12.8 Å². The number of aliphatic imine (C=N–C) groups is 1. The number of aliphatic hydroxyl groups is 1. The van der Waals surface area contributed by atoms with Crippen LogP contribution >= 0.6 is 24.0 Å². The van der Waals surface area contributed by atoms with E-state index in [-0.39, 0.29) is 30.5 Å². The zero-order chi connectivity index (χ0) is 19.1. The third kappa shape index (κ3) is 6.22. The second-order valence-corrected chi connectivity index (χ2v) is 7.17. The molecule has 0 spiro atoms. The van der Waals surface area contributed by atoms with E-state index in [1.54, 1.807) is 25.3 Å². The monoisotopic (exact) mass is 498 g/mol. The molecule has 1 atom stereocenters. The number of guanidine groups is 1. The van der Waals surface area contributed by atoms with Crippen LogP contribution in [0, 0.1) is 0 Å². The third-order valence-corrected chi connectivity index (χ3v) is 4.84. The van der Waals surface area contributed by atoms with E-state index in [0.717, 1.165) is 45.2 Å². The van der Waals surface area contributed by atoms with Crippen LogP contribution in [0.25, 0.3) is 0 Å². The lowest BCUT2D eigenvalue weighted by molar-refractivity contribution is 0.0433. The summed E-state index contributed by atoms with van der Waals surface area (Å²) in [4.78, 5) is 9.41. The Morgan fingerprint density at radius 2 is 1.86 bits per heavy atom. The Morgan fingerprint density at radius 3 is 2.46 bits per heavy atom. The van der Waals surface area contributed by atoms with Crippen molar-refractivity contribution >= 4 is 29.9 Å². The highest BCUT2D eigenvalue weighted by molar-refractivity contribution is 14.0. The fourth-order valence-electron chi connectivity index (χ4n) is 3.28. The first kappa shape index (κ1) is 22.7. The van der Waals surface area contributed by atoms with Crippen LogP contribution in [0.4, 0.5) is 0 Å². The molecule has 1 saturated heterocycles. The molecule has 3 rings (SSSR count). The Bertz CT molecular complexity index is 711. The predicted octanol–water partition coefficient (Wildman–Crippen LogP) is 2.89. The summed E-state index contributed by atoms with van der Waals surface area (Å²) in [5.41, 5.74) is 0.236. The summed E-state index contributed by atoms with van der Waals surface area (Å²) < 4.78 is 5.35. The van der Waals surface area contributed by atoms with Gasteiger partial charge in [0, 0.05) is 39.3 Å². The molecule has 2 aromatic rings. The molecule has 7 heteroatoms. The maximum Gasteiger partial charge on any atom is 0.194 e. The molecular formula is C21H31IN4O2. The Morgan fingerprint density at radius 1 is 1.14 bits per heavy atom. The quantitative estimate of drug-likeness (QED) is 0.365. The lowest BCUT2D eigenvalue weighted by atomic mass is 10.0. The minimum Gasteiger partial charge on any atom is -0.466 e. The predicted molar refractivity (Wildman–Crippen MR) is 123 cm³/mol. The first-order chi connectivity index (χ1) is 13.1. The Balaban J connectivity index is 0.00000280. The van der Waals surface area contributed by atoms with Gasteiger partial charge in [-0.25, -0.2) is 4.99 Å². The van der Waals surface area contributed by atoms with Crippen LogP contribution in [0.2, 0.25) is 0 Å². The van der Waals surface area contributed by atoms with Crippen molar-refractivity contribution in [3.63, 3.8) is 0 Å². The molecule has 0 saturated carbocycles. The number of nitrogens with zero attached hydrogens (tertiary/aromatic N) is 3. The topological polar surface area (TPSA) is 64.2 Å². The van der Waals surface area contributed by atoms with Gasteiger partial charge >= 0.3 is 0 Å². The van der Waals surface area contributed by atoms with Crippen LogP contribution in [0.1, 0.15) is 25.2 Å². The highest BCUT2D eigenvalue weighted by Gasteiger charge is 2.27. The molecule has 0 amide bonds. The fraction of sp³-hybridized carbons (Fsp3) is 0.476. The van der Waals surface area contributed by atoms with Crippen molar-refractivity contribution in [1.82, 2.24) is 15.1 Å². The molecule has 28 heavy (non-hydrogen) atoms. The normalized spacial score (nSPS) is 17.7. The molecule has 0 aliphatic carbocycles.